The predicted molar refractivity (Wildman–Crippen MR) is 140 cm³/mol. The number of hydrogen-bond acceptors (Lipinski definition) is 10. The van der Waals surface area contributed by atoms with E-state index in [-0.39, 0.29) is 24.2 Å². The molecule has 12 heteroatoms. The zero-order valence-electron chi connectivity index (χ0n) is 23.2. The lowest BCUT2D eigenvalue weighted by Gasteiger charge is -2.47. The van der Waals surface area contributed by atoms with Crippen molar-refractivity contribution in [2.75, 3.05) is 13.7 Å². The fourth-order valence-electron chi connectivity index (χ4n) is 4.46. The Morgan fingerprint density at radius 3 is 2.33 bits per heavy atom. The number of aliphatic hydroxyl groups excluding tert-OH is 3. The number of ether oxygens (including phenoxy) is 3. The Morgan fingerprint density at radius 2 is 1.82 bits per heavy atom. The Bertz CT molecular complexity index is 1050. The van der Waals surface area contributed by atoms with Gasteiger partial charge in [0.1, 0.15) is 23.6 Å². The number of nitrogens with one attached hydrogen (secondary N) is 2. The molecular weight excluding hydrogens is 512 g/mol. The lowest BCUT2D eigenvalue weighted by molar-refractivity contribution is -0.228. The van der Waals surface area contributed by atoms with Crippen LogP contribution in [0.25, 0.3) is 0 Å². The number of methoxy groups -OCH3 is 1. The van der Waals surface area contributed by atoms with E-state index in [1.807, 2.05) is 0 Å². The Hall–Kier alpha value is -3.19. The molecule has 1 heterocycles. The fourth-order valence-corrected chi connectivity index (χ4v) is 4.46. The maximum atomic E-state index is 12.7. The number of aryl methyl sites for hydroxylation is 2. The third-order valence-electron chi connectivity index (χ3n) is 6.34. The van der Waals surface area contributed by atoms with Gasteiger partial charge in [0.25, 0.3) is 5.91 Å². The molecule has 6 N–H and O–H groups in total. The molecule has 2 rings (SSSR count). The zero-order valence-corrected chi connectivity index (χ0v) is 23.2. The van der Waals surface area contributed by atoms with Crippen LogP contribution in [0.4, 0.5) is 4.79 Å². The van der Waals surface area contributed by atoms with E-state index in [0.717, 1.165) is 7.11 Å². The van der Waals surface area contributed by atoms with Gasteiger partial charge in [0, 0.05) is 24.9 Å². The monoisotopic (exact) mass is 552 g/mol. The summed E-state index contributed by atoms with van der Waals surface area (Å²) in [5.74, 6) is -1.35. The standard InChI is InChI=1S/C27H40N2O10/c1-8-9-27(24(35)37-7)12-17(30)19(29-25(36)39-26(4,5)6)22(38-27)21(33)18(31)13-28-23(34)16-10-14(2)20(32)15(3)11-16/h8,10-11,17-19,21-22,30-33H,1,9,12-13H2,2-7H3,(H,28,34)(H,29,36)/t17?,18-,19?,21-,22?,27?/m1/s1. The highest BCUT2D eigenvalue weighted by molar-refractivity contribution is 5.94. The van der Waals surface area contributed by atoms with Crippen LogP contribution >= 0.6 is 0 Å². The molecule has 1 aliphatic rings. The van der Waals surface area contributed by atoms with Gasteiger partial charge in [-0.15, -0.1) is 6.58 Å². The number of benzene rings is 1. The van der Waals surface area contributed by atoms with Gasteiger partial charge in [-0.1, -0.05) is 6.08 Å². The molecule has 1 aromatic rings. The lowest BCUT2D eigenvalue weighted by atomic mass is 9.82. The molecular formula is C27H40N2O10. The number of phenols is 1. The third-order valence-corrected chi connectivity index (χ3v) is 6.34. The highest BCUT2D eigenvalue weighted by Gasteiger charge is 2.54. The van der Waals surface area contributed by atoms with Crippen LogP contribution in [0, 0.1) is 13.8 Å². The predicted octanol–water partition coefficient (Wildman–Crippen LogP) is 0.992. The smallest absolute Gasteiger partial charge is 0.408 e. The fraction of sp³-hybridized carbons (Fsp3) is 0.593. The minimum Gasteiger partial charge on any atom is -0.507 e. The van der Waals surface area contributed by atoms with E-state index < -0.39 is 66.2 Å². The molecule has 218 valence electrons. The molecule has 0 aromatic heterocycles. The summed E-state index contributed by atoms with van der Waals surface area (Å²) in [6, 6.07) is 1.65. The Morgan fingerprint density at radius 1 is 1.23 bits per heavy atom. The zero-order chi connectivity index (χ0) is 29.7. The summed E-state index contributed by atoms with van der Waals surface area (Å²) in [6.45, 7) is 11.4. The highest BCUT2D eigenvalue weighted by Crippen LogP contribution is 2.36. The minimum absolute atomic E-state index is 0.0622. The van der Waals surface area contributed by atoms with Crippen molar-refractivity contribution in [2.45, 2.75) is 89.1 Å². The first-order valence-electron chi connectivity index (χ1n) is 12.5. The molecule has 1 aromatic carbocycles. The van der Waals surface area contributed by atoms with Crippen molar-refractivity contribution in [3.8, 4) is 5.75 Å². The number of rotatable bonds is 9. The van der Waals surface area contributed by atoms with Gasteiger partial charge in [-0.2, -0.15) is 0 Å². The number of alkyl carbamates (subject to hydrolysis) is 1. The minimum atomic E-state index is -1.79. The van der Waals surface area contributed by atoms with E-state index in [4.69, 9.17) is 14.2 Å². The van der Waals surface area contributed by atoms with Gasteiger partial charge >= 0.3 is 12.1 Å². The van der Waals surface area contributed by atoms with E-state index in [9.17, 15) is 34.8 Å². The van der Waals surface area contributed by atoms with Crippen molar-refractivity contribution in [1.82, 2.24) is 10.6 Å². The first kappa shape index (κ1) is 32.0. The number of esters is 1. The molecule has 39 heavy (non-hydrogen) atoms. The van der Waals surface area contributed by atoms with Gasteiger partial charge in [0.2, 0.25) is 0 Å². The summed E-state index contributed by atoms with van der Waals surface area (Å²) in [6.07, 6.45) is -6.31. The molecule has 1 aliphatic heterocycles. The SMILES string of the molecule is C=CCC1(C(=O)OC)CC(O)C(NC(=O)OC(C)(C)C)C([C@H](O)[C@H](O)CNC(=O)c2cc(C)c(O)c(C)c2)O1. The molecule has 12 nitrogen and oxygen atoms in total. The Labute approximate surface area is 228 Å². The summed E-state index contributed by atoms with van der Waals surface area (Å²) in [5.41, 5.74) is -1.41. The first-order valence-corrected chi connectivity index (χ1v) is 12.5. The van der Waals surface area contributed by atoms with Crippen molar-refractivity contribution in [3.63, 3.8) is 0 Å². The molecule has 0 spiro atoms. The average molecular weight is 553 g/mol. The molecule has 1 fully saturated rings. The number of carbonyl (C=O) groups excluding carboxylic acids is 3. The van der Waals surface area contributed by atoms with E-state index in [2.05, 4.69) is 17.2 Å². The topological polar surface area (TPSA) is 184 Å². The van der Waals surface area contributed by atoms with E-state index in [1.165, 1.54) is 18.2 Å². The molecule has 0 bridgehead atoms. The van der Waals surface area contributed by atoms with Crippen molar-refractivity contribution in [1.29, 1.82) is 0 Å². The third kappa shape index (κ3) is 7.91. The van der Waals surface area contributed by atoms with Crippen molar-refractivity contribution in [3.05, 3.63) is 41.5 Å². The van der Waals surface area contributed by atoms with E-state index in [1.54, 1.807) is 34.6 Å². The van der Waals surface area contributed by atoms with Crippen molar-refractivity contribution < 1.29 is 49.0 Å². The Kier molecular flexibility index (Phi) is 10.5. The van der Waals surface area contributed by atoms with Crippen molar-refractivity contribution >= 4 is 18.0 Å². The van der Waals surface area contributed by atoms with E-state index in [0.29, 0.717) is 11.1 Å². The van der Waals surface area contributed by atoms with Gasteiger partial charge in [-0.25, -0.2) is 9.59 Å². The van der Waals surface area contributed by atoms with Crippen LogP contribution in [0.15, 0.2) is 24.8 Å². The molecule has 0 aliphatic carbocycles. The van der Waals surface area contributed by atoms with Crippen LogP contribution in [0.1, 0.15) is 55.1 Å². The number of amides is 2. The highest BCUT2D eigenvalue weighted by atomic mass is 16.6. The number of phenolic OH excluding ortho intramolecular Hbond substituents is 1. The Balaban J connectivity index is 2.29. The summed E-state index contributed by atoms with van der Waals surface area (Å²) < 4.78 is 16.1. The van der Waals surface area contributed by atoms with Crippen LogP contribution in [0.2, 0.25) is 0 Å². The maximum absolute atomic E-state index is 12.7. The summed E-state index contributed by atoms with van der Waals surface area (Å²) in [5, 5.41) is 47.8. The first-order chi connectivity index (χ1) is 18.0. The summed E-state index contributed by atoms with van der Waals surface area (Å²) >= 11 is 0. The van der Waals surface area contributed by atoms with Gasteiger partial charge in [-0.3, -0.25) is 4.79 Å². The van der Waals surface area contributed by atoms with Crippen molar-refractivity contribution in [2.24, 2.45) is 0 Å². The summed E-state index contributed by atoms with van der Waals surface area (Å²) in [4.78, 5) is 37.9. The van der Waals surface area contributed by atoms with Crippen LogP contribution in [0.5, 0.6) is 5.75 Å². The molecule has 4 unspecified atom stereocenters. The van der Waals surface area contributed by atoms with Gasteiger partial charge in [-0.05, 0) is 57.9 Å². The van der Waals surface area contributed by atoms with E-state index >= 15 is 0 Å². The number of hydrogen-bond donors (Lipinski definition) is 6. The molecule has 0 saturated carbocycles. The molecule has 1 saturated heterocycles. The van der Waals surface area contributed by atoms with Crippen LogP contribution in [0.3, 0.4) is 0 Å². The normalized spacial score (nSPS) is 24.7. The second kappa shape index (κ2) is 12.8. The molecule has 0 radical (unpaired) electrons. The van der Waals surface area contributed by atoms with Gasteiger partial charge in [0.15, 0.2) is 5.60 Å². The second-order valence-electron chi connectivity index (χ2n) is 10.7. The van der Waals surface area contributed by atoms with Crippen LogP contribution < -0.4 is 10.6 Å². The van der Waals surface area contributed by atoms with Gasteiger partial charge in [0.05, 0.1) is 25.4 Å². The second-order valence-corrected chi connectivity index (χ2v) is 10.7. The number of carbonyl (C=O) groups is 3. The van der Waals surface area contributed by atoms with Crippen LogP contribution in [-0.2, 0) is 19.0 Å². The maximum Gasteiger partial charge on any atom is 0.408 e. The largest absolute Gasteiger partial charge is 0.507 e. The molecule has 2 amide bonds. The van der Waals surface area contributed by atoms with Gasteiger partial charge < -0.3 is 45.3 Å². The van der Waals surface area contributed by atoms with Crippen LogP contribution in [-0.4, -0.2) is 93.7 Å². The number of aromatic hydroxyl groups is 1. The average Bonchev–Trinajstić information content (AvgIpc) is 2.84. The number of aliphatic hydroxyl groups is 3. The molecule has 6 atom stereocenters. The lowest BCUT2D eigenvalue weighted by Crippen LogP contribution is -2.67. The quantitative estimate of drug-likeness (QED) is 0.191. The summed E-state index contributed by atoms with van der Waals surface area (Å²) in [7, 11) is 1.14.